The number of rotatable bonds is 6. The minimum atomic E-state index is -2.19. The second-order valence-electron chi connectivity index (χ2n) is 18.3. The molecule has 4 aliphatic rings. The molecule has 6 heterocycles. The number of allylic oxidation sites excluding steroid dienone is 2. The monoisotopic (exact) mass is 990 g/mol. The van der Waals surface area contributed by atoms with E-state index in [9.17, 15) is 60.0 Å². The number of nitrogens with one attached hydrogen (secondary N) is 1. The third-order valence-corrected chi connectivity index (χ3v) is 13.6. The molecule has 13 unspecified atom stereocenters. The third-order valence-electron chi connectivity index (χ3n) is 13.6. The van der Waals surface area contributed by atoms with E-state index in [-0.39, 0.29) is 33.6 Å². The molecule has 4 aromatic rings. The second kappa shape index (κ2) is 20.2. The van der Waals surface area contributed by atoms with Crippen LogP contribution < -0.4 is 15.6 Å². The van der Waals surface area contributed by atoms with Gasteiger partial charge in [-0.15, -0.1) is 0 Å². The fourth-order valence-corrected chi connectivity index (χ4v) is 9.27. The number of hydrogen-bond donors (Lipinski definition) is 9. The summed E-state index contributed by atoms with van der Waals surface area (Å²) < 4.78 is 31.0. The zero-order valence-corrected chi connectivity index (χ0v) is 40.2. The van der Waals surface area contributed by atoms with Crippen molar-refractivity contribution in [2.24, 2.45) is 28.8 Å². The predicted octanol–water partition coefficient (Wildman–Crippen LogP) is 2.15. The summed E-state index contributed by atoms with van der Waals surface area (Å²) >= 11 is 0. The summed E-state index contributed by atoms with van der Waals surface area (Å²) in [6.45, 7) is 11.4. The van der Waals surface area contributed by atoms with Gasteiger partial charge in [0.15, 0.2) is 23.1 Å². The summed E-state index contributed by atoms with van der Waals surface area (Å²) in [6, 6.07) is 0. The van der Waals surface area contributed by atoms with Crippen LogP contribution in [0.4, 0.5) is 5.69 Å². The number of imidazole rings is 1. The zero-order chi connectivity index (χ0) is 52.1. The summed E-state index contributed by atoms with van der Waals surface area (Å²) in [4.78, 5) is 63.1. The van der Waals surface area contributed by atoms with Crippen molar-refractivity contribution in [3.8, 4) is 23.0 Å². The summed E-state index contributed by atoms with van der Waals surface area (Å²) in [5, 5.41) is 95.3. The van der Waals surface area contributed by atoms with Crippen molar-refractivity contribution >= 4 is 51.5 Å². The van der Waals surface area contributed by atoms with Crippen LogP contribution in [0.1, 0.15) is 76.2 Å². The van der Waals surface area contributed by atoms with Gasteiger partial charge >= 0.3 is 17.3 Å². The van der Waals surface area contributed by atoms with Gasteiger partial charge in [0.05, 0.1) is 65.9 Å². The number of ether oxygens (including phenoxy) is 5. The molecule has 1 saturated heterocycles. The first-order chi connectivity index (χ1) is 33.5. The number of aliphatic hydroxyl groups excluding tert-OH is 5. The van der Waals surface area contributed by atoms with Crippen LogP contribution in [0.15, 0.2) is 58.7 Å². The van der Waals surface area contributed by atoms with Crippen molar-refractivity contribution in [1.82, 2.24) is 19.2 Å². The minimum Gasteiger partial charge on any atom is -0.507 e. The number of aromatic hydroxyl groups is 3. The quantitative estimate of drug-likeness (QED) is 0.0578. The van der Waals surface area contributed by atoms with E-state index in [0.29, 0.717) is 4.68 Å². The Labute approximate surface area is 405 Å². The molecule has 71 heavy (non-hydrogen) atoms. The second-order valence-corrected chi connectivity index (χ2v) is 18.3. The number of nitrogens with zero attached hydrogens (tertiary/aromatic N) is 5. The molecular weight excluding hydrogens is 933 g/mol. The molecule has 0 radical (unpaired) electrons. The van der Waals surface area contributed by atoms with E-state index >= 15 is 0 Å². The zero-order valence-electron chi connectivity index (χ0n) is 40.2. The van der Waals surface area contributed by atoms with Crippen LogP contribution in [-0.4, -0.2) is 146 Å². The van der Waals surface area contributed by atoms with Gasteiger partial charge in [-0.1, -0.05) is 45.9 Å². The lowest BCUT2D eigenvalue weighted by atomic mass is 9.78. The number of methoxy groups -OCH3 is 1. The van der Waals surface area contributed by atoms with Gasteiger partial charge < -0.3 is 69.9 Å². The van der Waals surface area contributed by atoms with Crippen LogP contribution in [0.5, 0.6) is 23.0 Å². The molecule has 0 aliphatic carbocycles. The van der Waals surface area contributed by atoms with E-state index in [0.717, 1.165) is 25.1 Å². The van der Waals surface area contributed by atoms with Crippen LogP contribution in [0.3, 0.4) is 0 Å². The van der Waals surface area contributed by atoms with E-state index < -0.39 is 148 Å². The first kappa shape index (κ1) is 52.1. The fraction of sp³-hybridized carbons (Fsp3) is 0.479. The molecule has 0 saturated carbocycles. The molecule has 2 aromatic carbocycles. The molecule has 5 bridgehead atoms. The number of carbonyl (C=O) groups is 3. The average molecular weight is 991 g/mol. The number of esters is 1. The number of amides is 1. The number of Topliss-reactive ketones (excluding diaryl/α,β-unsaturated/α-hetero) is 1. The number of ketones is 1. The lowest BCUT2D eigenvalue weighted by Gasteiger charge is -2.38. The Kier molecular flexibility index (Phi) is 14.8. The van der Waals surface area contributed by atoms with Crippen LogP contribution >= 0.6 is 0 Å². The molecular formula is C48H58N6O17. The van der Waals surface area contributed by atoms with E-state index in [1.54, 1.807) is 33.8 Å². The average Bonchev–Trinajstić information content (AvgIpc) is 3.98. The first-order valence-corrected chi connectivity index (χ1v) is 22.7. The maximum atomic E-state index is 14.6. The van der Waals surface area contributed by atoms with Gasteiger partial charge in [0.2, 0.25) is 0 Å². The van der Waals surface area contributed by atoms with Gasteiger partial charge in [-0.2, -0.15) is 9.78 Å². The SMILES string of the molecule is COC1/C=C/OC2(C)Oc3c(C)c(O)c4c(O)c(c(/C=N/n5cnc6c(ncn6C6OC(CO)C(O)C6O)c5=O)c(O)c4c3C2=O)NC(=O)/C(C)=C\C=C\C(C)C(O)C(C)C(O)C(C)C(OC(C)=O)C1C. The minimum absolute atomic E-state index is 0.0291. The van der Waals surface area contributed by atoms with E-state index in [2.05, 4.69) is 20.4 Å². The van der Waals surface area contributed by atoms with Crippen LogP contribution in [-0.2, 0) is 28.5 Å². The van der Waals surface area contributed by atoms with Gasteiger partial charge in [-0.25, -0.2) is 9.97 Å². The lowest BCUT2D eigenvalue weighted by molar-refractivity contribution is -0.160. The molecule has 1 fully saturated rings. The molecule has 9 N–H and O–H groups in total. The number of aliphatic hydroxyl groups is 5. The highest BCUT2D eigenvalue weighted by molar-refractivity contribution is 6.24. The number of aromatic nitrogens is 4. The summed E-state index contributed by atoms with van der Waals surface area (Å²) in [5.74, 6) is -9.90. The molecule has 0 spiro atoms. The van der Waals surface area contributed by atoms with Gasteiger partial charge in [-0.05, 0) is 19.9 Å². The van der Waals surface area contributed by atoms with Gasteiger partial charge in [-0.3, -0.25) is 23.7 Å². The molecule has 4 aliphatic heterocycles. The topological polar surface area (TPSA) is 336 Å². The van der Waals surface area contributed by atoms with Crippen molar-refractivity contribution in [3.05, 3.63) is 75.8 Å². The van der Waals surface area contributed by atoms with Crippen molar-refractivity contribution in [1.29, 1.82) is 0 Å². The van der Waals surface area contributed by atoms with Gasteiger partial charge in [0.1, 0.15) is 48.0 Å². The largest absolute Gasteiger partial charge is 0.507 e. The molecule has 23 heteroatoms. The van der Waals surface area contributed by atoms with Gasteiger partial charge in [0, 0.05) is 61.2 Å². The fourth-order valence-electron chi connectivity index (χ4n) is 9.27. The lowest BCUT2D eigenvalue weighted by Crippen LogP contribution is -2.46. The van der Waals surface area contributed by atoms with Crippen molar-refractivity contribution < 1.29 is 78.9 Å². The van der Waals surface area contributed by atoms with Crippen LogP contribution in [0.25, 0.3) is 21.9 Å². The Morgan fingerprint density at radius 1 is 0.915 bits per heavy atom. The normalized spacial score (nSPS) is 32.5. The summed E-state index contributed by atoms with van der Waals surface area (Å²) in [6.07, 6.45) is 0.425. The number of phenols is 3. The standard InChI is InChI=1S/C48H58N6O17/c1-19-11-10-12-20(2)45(65)52-32-26(15-51-54-18-50-44-33(46(54)66)49-17-53(44)47-40(63)38(61)28(16-55)70-47)37(60)29-30(39(32)62)36(59)24(6)42-31(29)43(64)48(8,71-42)68-14-13-27(67-9)21(3)41(69-25(7)56)23(5)35(58)22(4)34(19)57/h10-15,17-19,21-23,27-28,34-35,38,40-41,47,55,57-63H,16H2,1-9H3,(H,52,65)/b11-10+,14-13+,20-12-,51-15+. The number of phenolic OH excluding ortho intramolecular Hbond substituents is 3. The molecule has 2 aromatic heterocycles. The molecule has 382 valence electrons. The molecule has 13 atom stereocenters. The van der Waals surface area contributed by atoms with Crippen molar-refractivity contribution in [2.75, 3.05) is 19.0 Å². The van der Waals surface area contributed by atoms with Crippen LogP contribution in [0.2, 0.25) is 0 Å². The number of hydrogen-bond acceptors (Lipinski definition) is 20. The Balaban J connectivity index is 1.38. The number of carbonyl (C=O) groups excluding carboxylic acids is 3. The highest BCUT2D eigenvalue weighted by Crippen LogP contribution is 2.55. The number of benzene rings is 2. The Morgan fingerprint density at radius 2 is 1.62 bits per heavy atom. The Morgan fingerprint density at radius 3 is 2.27 bits per heavy atom. The molecule has 1 amide bonds. The molecule has 8 rings (SSSR count). The summed E-state index contributed by atoms with van der Waals surface area (Å²) in [5.41, 5.74) is -2.67. The highest BCUT2D eigenvalue weighted by Gasteiger charge is 2.50. The van der Waals surface area contributed by atoms with Crippen LogP contribution in [0, 0.1) is 30.6 Å². The number of fused-ring (bicyclic) bond motifs is 15. The summed E-state index contributed by atoms with van der Waals surface area (Å²) in [7, 11) is 1.39. The van der Waals surface area contributed by atoms with Gasteiger partial charge in [0.25, 0.3) is 11.7 Å². The maximum Gasteiger partial charge on any atom is 0.312 e. The van der Waals surface area contributed by atoms with Crippen molar-refractivity contribution in [3.63, 3.8) is 0 Å². The predicted molar refractivity (Wildman–Crippen MR) is 252 cm³/mol. The highest BCUT2D eigenvalue weighted by atomic mass is 16.7. The number of anilines is 1. The Hall–Kier alpha value is -6.73. The maximum absolute atomic E-state index is 14.6. The van der Waals surface area contributed by atoms with Crippen molar-refractivity contribution in [2.45, 2.75) is 110 Å². The molecule has 23 nitrogen and oxygen atoms in total. The first-order valence-electron chi connectivity index (χ1n) is 22.7. The smallest absolute Gasteiger partial charge is 0.312 e. The Bertz CT molecular complexity index is 2940. The van der Waals surface area contributed by atoms with E-state index in [1.165, 1.54) is 57.6 Å². The third kappa shape index (κ3) is 9.25. The van der Waals surface area contributed by atoms with E-state index in [1.807, 2.05) is 0 Å². The van der Waals surface area contributed by atoms with E-state index in [4.69, 9.17) is 23.7 Å².